The van der Waals surface area contributed by atoms with E-state index < -0.39 is 0 Å². The molecule has 0 bridgehead atoms. The van der Waals surface area contributed by atoms with E-state index in [-0.39, 0.29) is 5.54 Å². The van der Waals surface area contributed by atoms with E-state index in [1.54, 1.807) is 0 Å². The van der Waals surface area contributed by atoms with Crippen LogP contribution in [0.4, 0.5) is 0 Å². The summed E-state index contributed by atoms with van der Waals surface area (Å²) < 4.78 is 0. The summed E-state index contributed by atoms with van der Waals surface area (Å²) in [6, 6.07) is 0.570. The molecule has 1 atom stereocenters. The zero-order valence-corrected chi connectivity index (χ0v) is 9.86. The second-order valence-electron chi connectivity index (χ2n) is 4.67. The fourth-order valence-corrected chi connectivity index (χ4v) is 4.08. The van der Waals surface area contributed by atoms with Crippen molar-refractivity contribution in [3.8, 4) is 0 Å². The number of aromatic nitrogens is 2. The molecule has 1 aromatic rings. The Kier molecular flexibility index (Phi) is 2.29. The zero-order chi connectivity index (χ0) is 10.3. The molecule has 3 rings (SSSR count). The number of imidazole rings is 1. The average molecular weight is 223 g/mol. The number of thioether (sulfide) groups is 1. The van der Waals surface area contributed by atoms with E-state index >= 15 is 0 Å². The number of rotatable bonds is 0. The Hall–Kier alpha value is -0.480. The van der Waals surface area contributed by atoms with Crippen LogP contribution in [0.5, 0.6) is 0 Å². The van der Waals surface area contributed by atoms with Gasteiger partial charge in [0, 0.05) is 18.2 Å². The molecule has 1 saturated heterocycles. The van der Waals surface area contributed by atoms with E-state index in [0.29, 0.717) is 6.04 Å². The van der Waals surface area contributed by atoms with E-state index in [9.17, 15) is 0 Å². The van der Waals surface area contributed by atoms with Crippen LogP contribution in [-0.2, 0) is 12.0 Å². The molecule has 15 heavy (non-hydrogen) atoms. The molecule has 1 spiro atoms. The maximum atomic E-state index is 4.54. The first kappa shape index (κ1) is 9.73. The van der Waals surface area contributed by atoms with Gasteiger partial charge in [0.25, 0.3) is 0 Å². The standard InChI is InChI=1S/C11H17N3S/c1-8-6-9-10(13-7-12-9)11(14-8)2-4-15-5-3-11/h7-8,14H,2-6H2,1H3,(H,12,13). The van der Waals surface area contributed by atoms with Crippen LogP contribution in [0.2, 0.25) is 0 Å². The lowest BCUT2D eigenvalue weighted by Crippen LogP contribution is -2.53. The monoisotopic (exact) mass is 223 g/mol. The molecule has 1 aromatic heterocycles. The van der Waals surface area contributed by atoms with E-state index in [0.717, 1.165) is 6.42 Å². The van der Waals surface area contributed by atoms with Crippen LogP contribution in [0.25, 0.3) is 0 Å². The van der Waals surface area contributed by atoms with E-state index in [1.807, 2.05) is 6.33 Å². The van der Waals surface area contributed by atoms with E-state index in [4.69, 9.17) is 0 Å². The Labute approximate surface area is 94.4 Å². The van der Waals surface area contributed by atoms with Crippen LogP contribution in [0, 0.1) is 0 Å². The topological polar surface area (TPSA) is 40.7 Å². The highest BCUT2D eigenvalue weighted by Gasteiger charge is 2.41. The molecule has 0 amide bonds. The first-order valence-corrected chi connectivity index (χ1v) is 6.84. The van der Waals surface area contributed by atoms with Gasteiger partial charge in [0.1, 0.15) is 0 Å². The van der Waals surface area contributed by atoms with Crippen LogP contribution < -0.4 is 5.32 Å². The van der Waals surface area contributed by atoms with Gasteiger partial charge in [0.05, 0.1) is 17.6 Å². The smallest absolute Gasteiger partial charge is 0.0926 e. The lowest BCUT2D eigenvalue weighted by molar-refractivity contribution is 0.245. The van der Waals surface area contributed by atoms with Crippen molar-refractivity contribution in [2.75, 3.05) is 11.5 Å². The van der Waals surface area contributed by atoms with Gasteiger partial charge in [-0.1, -0.05) is 0 Å². The van der Waals surface area contributed by atoms with Crippen molar-refractivity contribution in [1.82, 2.24) is 15.3 Å². The first-order valence-electron chi connectivity index (χ1n) is 5.68. The maximum Gasteiger partial charge on any atom is 0.0926 e. The number of fused-ring (bicyclic) bond motifs is 2. The molecule has 82 valence electrons. The summed E-state index contributed by atoms with van der Waals surface area (Å²) in [5.41, 5.74) is 2.83. The van der Waals surface area contributed by atoms with Crippen molar-refractivity contribution in [2.24, 2.45) is 0 Å². The summed E-state index contributed by atoms with van der Waals surface area (Å²) in [5, 5.41) is 3.78. The SMILES string of the molecule is CC1Cc2[nH]cnc2C2(CCSCC2)N1. The Morgan fingerprint density at radius 3 is 3.07 bits per heavy atom. The minimum absolute atomic E-state index is 0.179. The van der Waals surface area contributed by atoms with Gasteiger partial charge in [-0.2, -0.15) is 11.8 Å². The molecule has 1 unspecified atom stereocenters. The van der Waals surface area contributed by atoms with Crippen LogP contribution in [0.1, 0.15) is 31.2 Å². The van der Waals surface area contributed by atoms with Crippen LogP contribution in [0.15, 0.2) is 6.33 Å². The minimum Gasteiger partial charge on any atom is -0.348 e. The van der Waals surface area contributed by atoms with Gasteiger partial charge in [-0.25, -0.2) is 4.98 Å². The minimum atomic E-state index is 0.179. The van der Waals surface area contributed by atoms with Crippen molar-refractivity contribution >= 4 is 11.8 Å². The molecule has 4 heteroatoms. The third-order valence-electron chi connectivity index (χ3n) is 3.55. The molecule has 0 aliphatic carbocycles. The van der Waals surface area contributed by atoms with Crippen molar-refractivity contribution in [2.45, 2.75) is 37.8 Å². The molecule has 0 aromatic carbocycles. The van der Waals surface area contributed by atoms with Gasteiger partial charge < -0.3 is 10.3 Å². The van der Waals surface area contributed by atoms with E-state index in [1.165, 1.54) is 35.7 Å². The molecule has 0 saturated carbocycles. The van der Waals surface area contributed by atoms with Gasteiger partial charge in [0.2, 0.25) is 0 Å². The number of hydrogen-bond donors (Lipinski definition) is 2. The Balaban J connectivity index is 2.02. The lowest BCUT2D eigenvalue weighted by Gasteiger charge is -2.42. The number of hydrogen-bond acceptors (Lipinski definition) is 3. The summed E-state index contributed by atoms with van der Waals surface area (Å²) in [7, 11) is 0. The summed E-state index contributed by atoms with van der Waals surface area (Å²) in [6.07, 6.45) is 5.39. The highest BCUT2D eigenvalue weighted by Crippen LogP contribution is 2.39. The first-order chi connectivity index (χ1) is 7.30. The van der Waals surface area contributed by atoms with Crippen molar-refractivity contribution in [3.05, 3.63) is 17.7 Å². The van der Waals surface area contributed by atoms with Gasteiger partial charge in [-0.05, 0) is 31.3 Å². The molecule has 1 fully saturated rings. The normalized spacial score (nSPS) is 29.0. The van der Waals surface area contributed by atoms with E-state index in [2.05, 4.69) is 34.0 Å². The summed E-state index contributed by atoms with van der Waals surface area (Å²) >= 11 is 2.06. The molecule has 2 aliphatic heterocycles. The Morgan fingerprint density at radius 2 is 2.27 bits per heavy atom. The fraction of sp³-hybridized carbons (Fsp3) is 0.727. The maximum absolute atomic E-state index is 4.54. The predicted molar refractivity (Wildman–Crippen MR) is 63.1 cm³/mol. The van der Waals surface area contributed by atoms with Crippen LogP contribution in [-0.4, -0.2) is 27.5 Å². The molecule has 3 nitrogen and oxygen atoms in total. The summed E-state index contributed by atoms with van der Waals surface area (Å²) in [6.45, 7) is 2.27. The van der Waals surface area contributed by atoms with Crippen molar-refractivity contribution in [3.63, 3.8) is 0 Å². The largest absolute Gasteiger partial charge is 0.348 e. The third kappa shape index (κ3) is 1.51. The van der Waals surface area contributed by atoms with Gasteiger partial charge in [-0.3, -0.25) is 0 Å². The van der Waals surface area contributed by atoms with Gasteiger partial charge in [-0.15, -0.1) is 0 Å². The molecule has 3 heterocycles. The summed E-state index contributed by atoms with van der Waals surface area (Å²) in [5.74, 6) is 2.51. The van der Waals surface area contributed by atoms with Crippen LogP contribution in [0.3, 0.4) is 0 Å². The van der Waals surface area contributed by atoms with Gasteiger partial charge in [0.15, 0.2) is 0 Å². The number of aromatic amines is 1. The van der Waals surface area contributed by atoms with Gasteiger partial charge >= 0.3 is 0 Å². The molecular weight excluding hydrogens is 206 g/mol. The number of H-pyrrole nitrogens is 1. The highest BCUT2D eigenvalue weighted by molar-refractivity contribution is 7.99. The fourth-order valence-electron chi connectivity index (χ4n) is 2.89. The number of nitrogens with one attached hydrogen (secondary N) is 2. The lowest BCUT2D eigenvalue weighted by atomic mass is 9.82. The summed E-state index contributed by atoms with van der Waals surface area (Å²) in [4.78, 5) is 7.84. The molecular formula is C11H17N3S. The van der Waals surface area contributed by atoms with Crippen molar-refractivity contribution in [1.29, 1.82) is 0 Å². The second kappa shape index (κ2) is 3.52. The Morgan fingerprint density at radius 1 is 1.47 bits per heavy atom. The van der Waals surface area contributed by atoms with Crippen molar-refractivity contribution < 1.29 is 0 Å². The number of nitrogens with zero attached hydrogens (tertiary/aromatic N) is 1. The average Bonchev–Trinajstić information content (AvgIpc) is 2.67. The van der Waals surface area contributed by atoms with Crippen LogP contribution >= 0.6 is 11.8 Å². The third-order valence-corrected chi connectivity index (χ3v) is 4.54. The quantitative estimate of drug-likeness (QED) is 0.703. The molecule has 0 radical (unpaired) electrons. The predicted octanol–water partition coefficient (Wildman–Crippen LogP) is 1.67. The zero-order valence-electron chi connectivity index (χ0n) is 9.05. The molecule has 2 N–H and O–H groups in total. The second-order valence-corrected chi connectivity index (χ2v) is 5.90. The highest BCUT2D eigenvalue weighted by atomic mass is 32.2. The Bertz CT molecular complexity index is 354. The molecule has 2 aliphatic rings.